The standard InChI is InChI=1S/C15H21N3O2/c1-18(2)15(20)11-5-3-6-13(9-11)17-14(19)10-12-7-4-8-16-12/h3,5-6,9,12,16H,4,7-8,10H2,1-2H3,(H,17,19). The predicted molar refractivity (Wildman–Crippen MR) is 78.7 cm³/mol. The summed E-state index contributed by atoms with van der Waals surface area (Å²) in [5.74, 6) is -0.0857. The van der Waals surface area contributed by atoms with E-state index in [9.17, 15) is 9.59 Å². The van der Waals surface area contributed by atoms with E-state index in [1.54, 1.807) is 38.4 Å². The molecule has 1 aromatic rings. The Bertz CT molecular complexity index is 494. The summed E-state index contributed by atoms with van der Waals surface area (Å²) in [7, 11) is 3.42. The van der Waals surface area contributed by atoms with Crippen LogP contribution in [-0.2, 0) is 4.79 Å². The van der Waals surface area contributed by atoms with Crippen LogP contribution >= 0.6 is 0 Å². The number of hydrogen-bond donors (Lipinski definition) is 2. The first kappa shape index (κ1) is 14.5. The molecule has 1 atom stereocenters. The first-order valence-corrected chi connectivity index (χ1v) is 6.91. The van der Waals surface area contributed by atoms with E-state index in [-0.39, 0.29) is 17.9 Å². The highest BCUT2D eigenvalue weighted by molar-refractivity contribution is 5.97. The van der Waals surface area contributed by atoms with Crippen molar-refractivity contribution in [2.75, 3.05) is 26.0 Å². The molecular formula is C15H21N3O2. The molecule has 0 saturated carbocycles. The summed E-state index contributed by atoms with van der Waals surface area (Å²) >= 11 is 0. The van der Waals surface area contributed by atoms with E-state index in [2.05, 4.69) is 10.6 Å². The van der Waals surface area contributed by atoms with Crippen molar-refractivity contribution in [2.45, 2.75) is 25.3 Å². The molecule has 1 unspecified atom stereocenters. The Kier molecular flexibility index (Phi) is 4.74. The van der Waals surface area contributed by atoms with Gasteiger partial charge in [-0.1, -0.05) is 6.07 Å². The molecule has 0 aliphatic carbocycles. The molecular weight excluding hydrogens is 254 g/mol. The Hall–Kier alpha value is -1.88. The van der Waals surface area contributed by atoms with E-state index >= 15 is 0 Å². The molecule has 1 aromatic carbocycles. The molecule has 2 N–H and O–H groups in total. The van der Waals surface area contributed by atoms with Gasteiger partial charge in [-0.3, -0.25) is 9.59 Å². The number of hydrogen-bond acceptors (Lipinski definition) is 3. The van der Waals surface area contributed by atoms with Crippen LogP contribution in [-0.4, -0.2) is 43.4 Å². The highest BCUT2D eigenvalue weighted by atomic mass is 16.2. The zero-order chi connectivity index (χ0) is 14.5. The lowest BCUT2D eigenvalue weighted by Gasteiger charge is -2.13. The van der Waals surface area contributed by atoms with Crippen LogP contribution < -0.4 is 10.6 Å². The second-order valence-electron chi connectivity index (χ2n) is 5.33. The van der Waals surface area contributed by atoms with Crippen molar-refractivity contribution in [2.24, 2.45) is 0 Å². The fraction of sp³-hybridized carbons (Fsp3) is 0.467. The maximum absolute atomic E-state index is 11.9. The van der Waals surface area contributed by atoms with Gasteiger partial charge in [-0.25, -0.2) is 0 Å². The number of nitrogens with zero attached hydrogens (tertiary/aromatic N) is 1. The minimum absolute atomic E-state index is 0.0150. The van der Waals surface area contributed by atoms with Crippen LogP contribution in [0.15, 0.2) is 24.3 Å². The summed E-state index contributed by atoms with van der Waals surface area (Å²) in [4.78, 5) is 25.3. The van der Waals surface area contributed by atoms with Gasteiger partial charge in [0.05, 0.1) is 0 Å². The highest BCUT2D eigenvalue weighted by Crippen LogP contribution is 2.14. The fourth-order valence-corrected chi connectivity index (χ4v) is 2.35. The third-order valence-electron chi connectivity index (χ3n) is 3.39. The Morgan fingerprint density at radius 2 is 2.20 bits per heavy atom. The maximum Gasteiger partial charge on any atom is 0.253 e. The topological polar surface area (TPSA) is 61.4 Å². The molecule has 5 nitrogen and oxygen atoms in total. The second-order valence-corrected chi connectivity index (χ2v) is 5.33. The smallest absolute Gasteiger partial charge is 0.253 e. The average molecular weight is 275 g/mol. The van der Waals surface area contributed by atoms with E-state index in [1.807, 2.05) is 0 Å². The molecule has 1 heterocycles. The van der Waals surface area contributed by atoms with Crippen LogP contribution in [0.25, 0.3) is 0 Å². The van der Waals surface area contributed by atoms with Gasteiger partial charge in [-0.05, 0) is 37.6 Å². The molecule has 20 heavy (non-hydrogen) atoms. The van der Waals surface area contributed by atoms with E-state index in [0.29, 0.717) is 17.7 Å². The Labute approximate surface area is 119 Å². The van der Waals surface area contributed by atoms with E-state index in [1.165, 1.54) is 4.90 Å². The van der Waals surface area contributed by atoms with Crippen molar-refractivity contribution in [3.63, 3.8) is 0 Å². The van der Waals surface area contributed by atoms with Crippen molar-refractivity contribution in [1.82, 2.24) is 10.2 Å². The molecule has 0 aromatic heterocycles. The zero-order valence-electron chi connectivity index (χ0n) is 12.0. The normalized spacial score (nSPS) is 17.8. The SMILES string of the molecule is CN(C)C(=O)c1cccc(NC(=O)CC2CCCN2)c1. The van der Waals surface area contributed by atoms with Crippen molar-refractivity contribution < 1.29 is 9.59 Å². The third kappa shape index (κ3) is 3.81. The van der Waals surface area contributed by atoms with Crippen molar-refractivity contribution >= 4 is 17.5 Å². The van der Waals surface area contributed by atoms with Gasteiger partial charge < -0.3 is 15.5 Å². The molecule has 1 aliphatic rings. The minimum Gasteiger partial charge on any atom is -0.345 e. The molecule has 1 saturated heterocycles. The molecule has 0 radical (unpaired) electrons. The molecule has 5 heteroatoms. The van der Waals surface area contributed by atoms with Gasteiger partial charge in [-0.15, -0.1) is 0 Å². The maximum atomic E-state index is 11.9. The molecule has 1 aliphatic heterocycles. The predicted octanol–water partition coefficient (Wildman–Crippen LogP) is 1.47. The molecule has 1 fully saturated rings. The quantitative estimate of drug-likeness (QED) is 0.874. The molecule has 0 bridgehead atoms. The van der Waals surface area contributed by atoms with Gasteiger partial charge in [0.25, 0.3) is 5.91 Å². The monoisotopic (exact) mass is 275 g/mol. The van der Waals surface area contributed by atoms with Gasteiger partial charge in [0.1, 0.15) is 0 Å². The largest absolute Gasteiger partial charge is 0.345 e. The van der Waals surface area contributed by atoms with Gasteiger partial charge >= 0.3 is 0 Å². The van der Waals surface area contributed by atoms with Crippen molar-refractivity contribution in [3.05, 3.63) is 29.8 Å². The number of carbonyl (C=O) groups is 2. The van der Waals surface area contributed by atoms with Crippen LogP contribution in [0, 0.1) is 0 Å². The summed E-state index contributed by atoms with van der Waals surface area (Å²) in [5, 5.41) is 6.15. The van der Waals surface area contributed by atoms with Crippen LogP contribution in [0.2, 0.25) is 0 Å². The Balaban J connectivity index is 1.96. The third-order valence-corrected chi connectivity index (χ3v) is 3.39. The van der Waals surface area contributed by atoms with Crippen LogP contribution in [0.4, 0.5) is 5.69 Å². The number of rotatable bonds is 4. The molecule has 2 amide bonds. The van der Waals surface area contributed by atoms with E-state index < -0.39 is 0 Å². The summed E-state index contributed by atoms with van der Waals surface area (Å²) < 4.78 is 0. The lowest BCUT2D eigenvalue weighted by Crippen LogP contribution is -2.27. The molecule has 108 valence electrons. The number of amides is 2. The van der Waals surface area contributed by atoms with Crippen molar-refractivity contribution in [1.29, 1.82) is 0 Å². The first-order chi connectivity index (χ1) is 9.56. The van der Waals surface area contributed by atoms with E-state index in [4.69, 9.17) is 0 Å². The minimum atomic E-state index is -0.0708. The molecule has 2 rings (SSSR count). The van der Waals surface area contributed by atoms with Gasteiger partial charge in [0.2, 0.25) is 5.91 Å². The second kappa shape index (κ2) is 6.52. The Morgan fingerprint density at radius 1 is 1.40 bits per heavy atom. The summed E-state index contributed by atoms with van der Waals surface area (Å²) in [6, 6.07) is 7.31. The van der Waals surface area contributed by atoms with E-state index in [0.717, 1.165) is 19.4 Å². The summed E-state index contributed by atoms with van der Waals surface area (Å²) in [5.41, 5.74) is 1.24. The number of benzene rings is 1. The number of anilines is 1. The van der Waals surface area contributed by atoms with Gasteiger partial charge in [-0.2, -0.15) is 0 Å². The van der Waals surface area contributed by atoms with Gasteiger partial charge in [0.15, 0.2) is 0 Å². The molecule has 0 spiro atoms. The average Bonchev–Trinajstić information content (AvgIpc) is 2.90. The van der Waals surface area contributed by atoms with Crippen LogP contribution in [0.5, 0.6) is 0 Å². The highest BCUT2D eigenvalue weighted by Gasteiger charge is 2.17. The zero-order valence-corrected chi connectivity index (χ0v) is 12.0. The van der Waals surface area contributed by atoms with Crippen LogP contribution in [0.1, 0.15) is 29.6 Å². The first-order valence-electron chi connectivity index (χ1n) is 6.91. The van der Waals surface area contributed by atoms with Crippen LogP contribution in [0.3, 0.4) is 0 Å². The lowest BCUT2D eigenvalue weighted by molar-refractivity contribution is -0.116. The summed E-state index contributed by atoms with van der Waals surface area (Å²) in [6.07, 6.45) is 2.66. The van der Waals surface area contributed by atoms with Gasteiger partial charge in [0, 0.05) is 37.8 Å². The summed E-state index contributed by atoms with van der Waals surface area (Å²) in [6.45, 7) is 0.991. The number of nitrogens with one attached hydrogen (secondary N) is 2. The Morgan fingerprint density at radius 3 is 2.85 bits per heavy atom. The van der Waals surface area contributed by atoms with Crippen molar-refractivity contribution in [3.8, 4) is 0 Å². The number of carbonyl (C=O) groups excluding carboxylic acids is 2. The fourth-order valence-electron chi connectivity index (χ4n) is 2.35. The lowest BCUT2D eigenvalue weighted by atomic mass is 10.1.